The Kier molecular flexibility index (Phi) is 69.1. The molecule has 1 atom stereocenters. The second-order valence-electron chi connectivity index (χ2n) is 25.2. The molecule has 0 aliphatic heterocycles. The quantitative estimate of drug-likeness (QED) is 0.0261. The molecule has 0 spiro atoms. The van der Waals surface area contributed by atoms with Crippen LogP contribution in [0.5, 0.6) is 0 Å². The summed E-state index contributed by atoms with van der Waals surface area (Å²) < 4.78 is 17.0. The van der Waals surface area contributed by atoms with E-state index in [-0.39, 0.29) is 31.1 Å². The van der Waals surface area contributed by atoms with Gasteiger partial charge in [0.25, 0.3) is 0 Å². The van der Waals surface area contributed by atoms with Gasteiger partial charge in [0, 0.05) is 19.3 Å². The highest BCUT2D eigenvalue weighted by Crippen LogP contribution is 2.19. The maximum absolute atomic E-state index is 13.0. The number of unbranched alkanes of at least 4 members (excludes halogenated alkanes) is 52. The van der Waals surface area contributed by atoms with E-state index >= 15 is 0 Å². The smallest absolute Gasteiger partial charge is 0.306 e. The lowest BCUT2D eigenvalue weighted by molar-refractivity contribution is -0.167. The molecule has 0 bridgehead atoms. The molecule has 6 heteroatoms. The van der Waals surface area contributed by atoms with Crippen LogP contribution in [0, 0.1) is 0 Å². The van der Waals surface area contributed by atoms with Gasteiger partial charge in [0.1, 0.15) is 13.2 Å². The summed E-state index contributed by atoms with van der Waals surface area (Å²) in [6.07, 6.45) is 88.9. The maximum Gasteiger partial charge on any atom is 0.306 e. The van der Waals surface area contributed by atoms with Crippen LogP contribution < -0.4 is 0 Å². The summed E-state index contributed by atoms with van der Waals surface area (Å²) in [5, 5.41) is 0. The lowest BCUT2D eigenvalue weighted by Crippen LogP contribution is -2.30. The van der Waals surface area contributed by atoms with E-state index < -0.39 is 6.10 Å². The Bertz CT molecular complexity index is 1370. The van der Waals surface area contributed by atoms with Crippen LogP contribution in [0.4, 0.5) is 0 Å². The minimum Gasteiger partial charge on any atom is -0.462 e. The first-order valence-corrected chi connectivity index (χ1v) is 37.0. The van der Waals surface area contributed by atoms with E-state index in [1.54, 1.807) is 0 Å². The number of rotatable bonds is 69. The van der Waals surface area contributed by atoms with Crippen LogP contribution in [0.1, 0.15) is 412 Å². The Morgan fingerprint density at radius 3 is 0.683 bits per heavy atom. The molecule has 1 unspecified atom stereocenters. The molecule has 482 valence electrons. The van der Waals surface area contributed by atoms with E-state index in [0.717, 1.165) is 70.6 Å². The van der Waals surface area contributed by atoms with Crippen molar-refractivity contribution in [1.29, 1.82) is 0 Å². The zero-order valence-electron chi connectivity index (χ0n) is 55.5. The first-order chi connectivity index (χ1) is 40.5. The molecule has 0 aromatic rings. The number of hydrogen-bond acceptors (Lipinski definition) is 6. The molecule has 0 N–H and O–H groups in total. The highest BCUT2D eigenvalue weighted by molar-refractivity contribution is 5.71. The topological polar surface area (TPSA) is 78.9 Å². The lowest BCUT2D eigenvalue weighted by Gasteiger charge is -2.18. The third-order valence-electron chi connectivity index (χ3n) is 16.9. The molecular formula is C76H142O6. The van der Waals surface area contributed by atoms with Crippen LogP contribution >= 0.6 is 0 Å². The average Bonchev–Trinajstić information content (AvgIpc) is 3.47. The summed E-state index contributed by atoms with van der Waals surface area (Å²) >= 11 is 0. The molecule has 0 aromatic heterocycles. The van der Waals surface area contributed by atoms with Crippen molar-refractivity contribution in [3.63, 3.8) is 0 Å². The average molecular weight is 1150 g/mol. The van der Waals surface area contributed by atoms with Gasteiger partial charge in [-0.25, -0.2) is 0 Å². The summed E-state index contributed by atoms with van der Waals surface area (Å²) in [6.45, 7) is 6.72. The van der Waals surface area contributed by atoms with Gasteiger partial charge in [0.05, 0.1) is 0 Å². The number of allylic oxidation sites excluding steroid dienone is 6. The third-order valence-corrected chi connectivity index (χ3v) is 16.9. The molecule has 0 aliphatic rings. The highest BCUT2D eigenvalue weighted by Gasteiger charge is 2.20. The van der Waals surface area contributed by atoms with Gasteiger partial charge in [0.15, 0.2) is 6.10 Å². The van der Waals surface area contributed by atoms with Crippen LogP contribution in [0.3, 0.4) is 0 Å². The zero-order chi connectivity index (χ0) is 59.2. The van der Waals surface area contributed by atoms with E-state index in [2.05, 4.69) is 57.2 Å². The second kappa shape index (κ2) is 71.1. The number of ether oxygens (including phenoxy) is 3. The molecule has 0 saturated heterocycles. The molecule has 0 rings (SSSR count). The van der Waals surface area contributed by atoms with Crippen molar-refractivity contribution in [1.82, 2.24) is 0 Å². The predicted octanol–water partition coefficient (Wildman–Crippen LogP) is 25.5. The minimum absolute atomic E-state index is 0.0666. The number of carbonyl (C=O) groups is 3. The third kappa shape index (κ3) is 68.4. The van der Waals surface area contributed by atoms with Gasteiger partial charge in [0.2, 0.25) is 0 Å². The van der Waals surface area contributed by atoms with E-state index in [9.17, 15) is 14.4 Å². The van der Waals surface area contributed by atoms with Gasteiger partial charge in [-0.3, -0.25) is 14.4 Å². The van der Waals surface area contributed by atoms with Gasteiger partial charge in [-0.2, -0.15) is 0 Å². The first-order valence-electron chi connectivity index (χ1n) is 37.0. The molecule has 0 heterocycles. The Labute approximate surface area is 512 Å². The van der Waals surface area contributed by atoms with Crippen LogP contribution in [0.15, 0.2) is 36.5 Å². The summed E-state index contributed by atoms with van der Waals surface area (Å²) in [5.41, 5.74) is 0. The largest absolute Gasteiger partial charge is 0.462 e. The summed E-state index contributed by atoms with van der Waals surface area (Å²) in [4.78, 5) is 38.5. The molecule has 0 aliphatic carbocycles. The van der Waals surface area contributed by atoms with Crippen molar-refractivity contribution in [2.24, 2.45) is 0 Å². The van der Waals surface area contributed by atoms with E-state index in [0.29, 0.717) is 19.3 Å². The second-order valence-corrected chi connectivity index (χ2v) is 25.2. The van der Waals surface area contributed by atoms with Crippen LogP contribution in [0.2, 0.25) is 0 Å². The van der Waals surface area contributed by atoms with Gasteiger partial charge < -0.3 is 14.2 Å². The van der Waals surface area contributed by atoms with Gasteiger partial charge in [-0.1, -0.05) is 372 Å². The Balaban J connectivity index is 4.29. The van der Waals surface area contributed by atoms with Crippen LogP contribution in [-0.4, -0.2) is 37.2 Å². The fraction of sp³-hybridized carbons (Fsp3) is 0.882. The lowest BCUT2D eigenvalue weighted by atomic mass is 10.0. The molecule has 0 amide bonds. The molecule has 0 saturated carbocycles. The fourth-order valence-corrected chi connectivity index (χ4v) is 11.3. The minimum atomic E-state index is -0.772. The van der Waals surface area contributed by atoms with Crippen molar-refractivity contribution in [3.8, 4) is 0 Å². The van der Waals surface area contributed by atoms with Gasteiger partial charge in [-0.15, -0.1) is 0 Å². The van der Waals surface area contributed by atoms with Crippen LogP contribution in [0.25, 0.3) is 0 Å². The van der Waals surface area contributed by atoms with Crippen molar-refractivity contribution in [3.05, 3.63) is 36.5 Å². The SMILES string of the molecule is CCCCCCC/C=C\C/C=C\C/C=C\CCCCCCCCCCCCC(=O)OCC(COC(=O)CCCCCCCCCCCCCCCCCCC)OC(=O)CCCCCCCCCCCCCCCCCCCCCCCC. The monoisotopic (exact) mass is 1150 g/mol. The summed E-state index contributed by atoms with van der Waals surface area (Å²) in [6, 6.07) is 0. The van der Waals surface area contributed by atoms with E-state index in [1.165, 1.54) is 302 Å². The Hall–Kier alpha value is -2.37. The van der Waals surface area contributed by atoms with Crippen molar-refractivity contribution in [2.45, 2.75) is 419 Å². The number of esters is 3. The maximum atomic E-state index is 13.0. The first kappa shape index (κ1) is 79.6. The molecule has 82 heavy (non-hydrogen) atoms. The van der Waals surface area contributed by atoms with Gasteiger partial charge in [-0.05, 0) is 57.8 Å². The molecular weight excluding hydrogens is 1010 g/mol. The molecule has 0 radical (unpaired) electrons. The predicted molar refractivity (Wildman–Crippen MR) is 358 cm³/mol. The summed E-state index contributed by atoms with van der Waals surface area (Å²) in [5.74, 6) is -0.836. The van der Waals surface area contributed by atoms with Crippen molar-refractivity contribution in [2.75, 3.05) is 13.2 Å². The fourth-order valence-electron chi connectivity index (χ4n) is 11.3. The van der Waals surface area contributed by atoms with E-state index in [1.807, 2.05) is 0 Å². The zero-order valence-corrected chi connectivity index (χ0v) is 55.5. The molecule has 6 nitrogen and oxygen atoms in total. The van der Waals surface area contributed by atoms with Crippen molar-refractivity contribution < 1.29 is 28.6 Å². The molecule has 0 fully saturated rings. The van der Waals surface area contributed by atoms with Gasteiger partial charge >= 0.3 is 17.9 Å². The summed E-state index contributed by atoms with van der Waals surface area (Å²) in [7, 11) is 0. The molecule has 0 aromatic carbocycles. The Morgan fingerprint density at radius 1 is 0.244 bits per heavy atom. The van der Waals surface area contributed by atoms with Crippen molar-refractivity contribution >= 4 is 17.9 Å². The standard InChI is InChI=1S/C76H142O6/c1-4-7-10-13-16-19-22-25-28-31-33-35-37-38-39-41-42-45-48-51-54-57-60-63-66-69-75(78)81-72-73(71-80-74(77)68-65-62-59-56-53-50-47-44-30-27-24-21-18-15-12-9-6-3)82-76(79)70-67-64-61-58-55-52-49-46-43-40-36-34-32-29-26-23-20-17-14-11-8-5-2/h22,25,31,33,37-38,73H,4-21,23-24,26-30,32,34-36,39-72H2,1-3H3/b25-22-,33-31-,38-37-. The van der Waals surface area contributed by atoms with E-state index in [4.69, 9.17) is 14.2 Å². The number of carbonyl (C=O) groups excluding carboxylic acids is 3. The normalized spacial score (nSPS) is 12.2. The highest BCUT2D eigenvalue weighted by atomic mass is 16.6. The Morgan fingerprint density at radius 2 is 0.439 bits per heavy atom. The van der Waals surface area contributed by atoms with Crippen LogP contribution in [-0.2, 0) is 28.6 Å². The number of hydrogen-bond donors (Lipinski definition) is 0.